The molecule has 3 aromatic rings. The van der Waals surface area contributed by atoms with Crippen LogP contribution in [0.25, 0.3) is 11.0 Å². The molecule has 1 aromatic carbocycles. The van der Waals surface area contributed by atoms with Gasteiger partial charge < -0.3 is 14.2 Å². The van der Waals surface area contributed by atoms with Crippen LogP contribution in [0.3, 0.4) is 0 Å². The van der Waals surface area contributed by atoms with E-state index in [0.717, 1.165) is 29.0 Å². The van der Waals surface area contributed by atoms with Crippen LogP contribution in [-0.2, 0) is 0 Å². The third-order valence-electron chi connectivity index (χ3n) is 3.07. The van der Waals surface area contributed by atoms with E-state index in [1.807, 2.05) is 43.3 Å². The van der Waals surface area contributed by atoms with Crippen LogP contribution in [0.15, 0.2) is 49.9 Å². The average Bonchev–Trinajstić information content (AvgIpc) is 3.01. The number of nitrogens with one attached hydrogen (secondary N) is 1. The van der Waals surface area contributed by atoms with Crippen LogP contribution in [0.2, 0.25) is 5.02 Å². The van der Waals surface area contributed by atoms with Crippen molar-refractivity contribution in [3.63, 3.8) is 0 Å². The molecule has 1 N–H and O–H groups in total. The molecule has 2 aromatic heterocycles. The molecule has 2 heterocycles. The highest BCUT2D eigenvalue weighted by molar-refractivity contribution is 9.10. The van der Waals surface area contributed by atoms with Crippen molar-refractivity contribution in [1.29, 1.82) is 0 Å². The first-order chi connectivity index (χ1) is 9.67. The molecule has 3 nitrogen and oxygen atoms in total. The van der Waals surface area contributed by atoms with E-state index in [4.69, 9.17) is 20.4 Å². The van der Waals surface area contributed by atoms with Crippen LogP contribution in [0, 0.1) is 0 Å². The number of halogens is 2. The average molecular weight is 355 g/mol. The number of fused-ring (bicyclic) bond motifs is 1. The molecule has 0 bridgehead atoms. The van der Waals surface area contributed by atoms with Crippen molar-refractivity contribution in [3.05, 3.63) is 57.6 Å². The number of furan rings is 2. The van der Waals surface area contributed by atoms with Gasteiger partial charge in [-0.2, -0.15) is 0 Å². The molecule has 3 rings (SSSR count). The molecule has 0 saturated carbocycles. The zero-order valence-electron chi connectivity index (χ0n) is 10.8. The Morgan fingerprint density at radius 2 is 2.00 bits per heavy atom. The summed E-state index contributed by atoms with van der Waals surface area (Å²) < 4.78 is 12.2. The maximum atomic E-state index is 6.01. The zero-order valence-corrected chi connectivity index (χ0v) is 13.2. The maximum Gasteiger partial charge on any atom is 0.169 e. The summed E-state index contributed by atoms with van der Waals surface area (Å²) in [6, 6.07) is 11.3. The summed E-state index contributed by atoms with van der Waals surface area (Å²) >= 11 is 9.33. The minimum absolute atomic E-state index is 0.113. The quantitative estimate of drug-likeness (QED) is 0.705. The second-order valence-electron chi connectivity index (χ2n) is 4.46. The van der Waals surface area contributed by atoms with Gasteiger partial charge in [0.2, 0.25) is 0 Å². The maximum absolute atomic E-state index is 6.01. The van der Waals surface area contributed by atoms with Crippen LogP contribution < -0.4 is 5.32 Å². The Labute approximate surface area is 130 Å². The van der Waals surface area contributed by atoms with Gasteiger partial charge >= 0.3 is 0 Å². The van der Waals surface area contributed by atoms with Gasteiger partial charge in [-0.05, 0) is 58.9 Å². The van der Waals surface area contributed by atoms with Gasteiger partial charge in [0.05, 0.1) is 0 Å². The SMILES string of the molecule is CCNC(c1ccc(Br)o1)c1cc2cc(Cl)ccc2o1. The predicted octanol–water partition coefficient (Wildman–Crippen LogP) is 5.14. The van der Waals surface area contributed by atoms with E-state index in [1.54, 1.807) is 0 Å². The standard InChI is InChI=1S/C15H13BrClNO2/c1-2-18-15(12-5-6-14(16)20-12)13-8-9-7-10(17)3-4-11(9)19-13/h3-8,15,18H,2H2,1H3. The highest BCUT2D eigenvalue weighted by Crippen LogP contribution is 2.31. The van der Waals surface area contributed by atoms with Crippen LogP contribution >= 0.6 is 27.5 Å². The first kappa shape index (κ1) is 13.7. The molecular formula is C15H13BrClNO2. The highest BCUT2D eigenvalue weighted by Gasteiger charge is 2.21. The summed E-state index contributed by atoms with van der Waals surface area (Å²) in [5.41, 5.74) is 0.818. The van der Waals surface area contributed by atoms with Crippen molar-refractivity contribution >= 4 is 38.5 Å². The largest absolute Gasteiger partial charge is 0.459 e. The number of hydrogen-bond donors (Lipinski definition) is 1. The third kappa shape index (κ3) is 2.64. The lowest BCUT2D eigenvalue weighted by molar-refractivity contribution is 0.395. The van der Waals surface area contributed by atoms with E-state index >= 15 is 0 Å². The predicted molar refractivity (Wildman–Crippen MR) is 83.2 cm³/mol. The zero-order chi connectivity index (χ0) is 14.1. The normalized spacial score (nSPS) is 12.9. The summed E-state index contributed by atoms with van der Waals surface area (Å²) in [5, 5.41) is 5.05. The molecule has 0 aliphatic rings. The second-order valence-corrected chi connectivity index (χ2v) is 5.68. The minimum Gasteiger partial charge on any atom is -0.459 e. The molecule has 5 heteroatoms. The van der Waals surface area contributed by atoms with E-state index < -0.39 is 0 Å². The lowest BCUT2D eigenvalue weighted by atomic mass is 10.1. The number of hydrogen-bond acceptors (Lipinski definition) is 3. The van der Waals surface area contributed by atoms with Crippen LogP contribution in [0.1, 0.15) is 24.5 Å². The molecule has 0 saturated heterocycles. The Hall–Kier alpha value is -1.23. The molecule has 0 aliphatic heterocycles. The highest BCUT2D eigenvalue weighted by atomic mass is 79.9. The topological polar surface area (TPSA) is 38.3 Å². The van der Waals surface area contributed by atoms with Gasteiger partial charge in [0.25, 0.3) is 0 Å². The molecule has 104 valence electrons. The molecule has 0 radical (unpaired) electrons. The number of rotatable bonds is 4. The van der Waals surface area contributed by atoms with Crippen molar-refractivity contribution < 1.29 is 8.83 Å². The fourth-order valence-electron chi connectivity index (χ4n) is 2.21. The molecule has 1 unspecified atom stereocenters. The van der Waals surface area contributed by atoms with E-state index in [0.29, 0.717) is 9.69 Å². The molecule has 1 atom stereocenters. The smallest absolute Gasteiger partial charge is 0.169 e. The fraction of sp³-hybridized carbons (Fsp3) is 0.200. The van der Waals surface area contributed by atoms with Gasteiger partial charge in [-0.1, -0.05) is 18.5 Å². The fourth-order valence-corrected chi connectivity index (χ4v) is 2.71. The second kappa shape index (κ2) is 5.64. The summed E-state index contributed by atoms with van der Waals surface area (Å²) in [7, 11) is 0. The lowest BCUT2D eigenvalue weighted by Crippen LogP contribution is -2.20. The van der Waals surface area contributed by atoms with Crippen LogP contribution in [0.4, 0.5) is 0 Å². The monoisotopic (exact) mass is 353 g/mol. The van der Waals surface area contributed by atoms with Gasteiger partial charge in [0, 0.05) is 10.4 Å². The lowest BCUT2D eigenvalue weighted by Gasteiger charge is -2.12. The van der Waals surface area contributed by atoms with Crippen molar-refractivity contribution in [2.24, 2.45) is 0 Å². The Balaban J connectivity index is 2.04. The first-order valence-corrected chi connectivity index (χ1v) is 7.52. The summed E-state index contributed by atoms with van der Waals surface area (Å²) in [6.07, 6.45) is 0. The molecule has 0 aliphatic carbocycles. The van der Waals surface area contributed by atoms with Gasteiger partial charge in [-0.15, -0.1) is 0 Å². The summed E-state index contributed by atoms with van der Waals surface area (Å²) in [5.74, 6) is 1.62. The van der Waals surface area contributed by atoms with E-state index in [9.17, 15) is 0 Å². The molecule has 20 heavy (non-hydrogen) atoms. The molecule has 0 spiro atoms. The Bertz CT molecular complexity index is 734. The Kier molecular flexibility index (Phi) is 3.87. The Morgan fingerprint density at radius 3 is 2.70 bits per heavy atom. The summed E-state index contributed by atoms with van der Waals surface area (Å²) in [4.78, 5) is 0. The molecule has 0 amide bonds. The van der Waals surface area contributed by atoms with Crippen LogP contribution in [-0.4, -0.2) is 6.54 Å². The van der Waals surface area contributed by atoms with E-state index in [1.165, 1.54) is 0 Å². The third-order valence-corrected chi connectivity index (χ3v) is 3.73. The van der Waals surface area contributed by atoms with Crippen molar-refractivity contribution in [2.45, 2.75) is 13.0 Å². The van der Waals surface area contributed by atoms with Crippen LogP contribution in [0.5, 0.6) is 0 Å². The van der Waals surface area contributed by atoms with Gasteiger partial charge in [0.1, 0.15) is 23.1 Å². The molecular weight excluding hydrogens is 342 g/mol. The van der Waals surface area contributed by atoms with Crippen molar-refractivity contribution in [1.82, 2.24) is 5.32 Å². The van der Waals surface area contributed by atoms with Gasteiger partial charge in [0.15, 0.2) is 4.67 Å². The van der Waals surface area contributed by atoms with Gasteiger partial charge in [-0.25, -0.2) is 0 Å². The van der Waals surface area contributed by atoms with Crippen molar-refractivity contribution in [2.75, 3.05) is 6.54 Å². The Morgan fingerprint density at radius 1 is 1.15 bits per heavy atom. The summed E-state index contributed by atoms with van der Waals surface area (Å²) in [6.45, 7) is 2.85. The van der Waals surface area contributed by atoms with Gasteiger partial charge in [-0.3, -0.25) is 0 Å². The van der Waals surface area contributed by atoms with E-state index in [-0.39, 0.29) is 6.04 Å². The molecule has 0 fully saturated rings. The minimum atomic E-state index is -0.113. The van der Waals surface area contributed by atoms with E-state index in [2.05, 4.69) is 21.2 Å². The first-order valence-electron chi connectivity index (χ1n) is 6.35. The van der Waals surface area contributed by atoms with Crippen molar-refractivity contribution in [3.8, 4) is 0 Å². The number of benzene rings is 1.